The van der Waals surface area contributed by atoms with Crippen molar-refractivity contribution >= 4 is 5.91 Å². The van der Waals surface area contributed by atoms with E-state index in [1.165, 1.54) is 12.1 Å². The molecule has 1 heterocycles. The summed E-state index contributed by atoms with van der Waals surface area (Å²) in [5.41, 5.74) is 0.0389. The van der Waals surface area contributed by atoms with Crippen molar-refractivity contribution in [3.63, 3.8) is 0 Å². The van der Waals surface area contributed by atoms with Crippen molar-refractivity contribution in [2.24, 2.45) is 5.92 Å². The fraction of sp³-hybridized carbons (Fsp3) is 0.615. The highest BCUT2D eigenvalue weighted by Gasteiger charge is 2.33. The number of carbonyl (C=O) groups is 1. The minimum atomic E-state index is -0.285. The predicted molar refractivity (Wildman–Crippen MR) is 68.4 cm³/mol. The maximum atomic E-state index is 12.3. The lowest BCUT2D eigenvalue weighted by Crippen LogP contribution is -2.35. The largest absolute Gasteiger partial charge is 0.334 e. The monoisotopic (exact) mass is 249 g/mol. The van der Waals surface area contributed by atoms with Crippen LogP contribution in [0.15, 0.2) is 16.9 Å². The van der Waals surface area contributed by atoms with Crippen LogP contribution < -0.4 is 5.56 Å². The Morgan fingerprint density at radius 2 is 2.22 bits per heavy atom. The minimum absolute atomic E-state index is 0.0746. The average Bonchev–Trinajstić information content (AvgIpc) is 3.14. The summed E-state index contributed by atoms with van der Waals surface area (Å²) in [6.45, 7) is 5.06. The van der Waals surface area contributed by atoms with Gasteiger partial charge in [0.05, 0.1) is 0 Å². The summed E-state index contributed by atoms with van der Waals surface area (Å²) >= 11 is 0. The minimum Gasteiger partial charge on any atom is -0.334 e. The van der Waals surface area contributed by atoms with E-state index in [1.54, 1.807) is 0 Å². The lowest BCUT2D eigenvalue weighted by molar-refractivity contribution is 0.0728. The number of carbonyl (C=O) groups excluding carboxylic acids is 1. The zero-order valence-corrected chi connectivity index (χ0v) is 10.8. The van der Waals surface area contributed by atoms with Crippen LogP contribution in [0.1, 0.15) is 43.6 Å². The van der Waals surface area contributed by atoms with Crippen molar-refractivity contribution < 1.29 is 4.79 Å². The van der Waals surface area contributed by atoms with Gasteiger partial charge in [-0.1, -0.05) is 13.8 Å². The van der Waals surface area contributed by atoms with Gasteiger partial charge in [0.2, 0.25) is 0 Å². The van der Waals surface area contributed by atoms with E-state index in [0.29, 0.717) is 17.7 Å². The molecule has 0 spiro atoms. The lowest BCUT2D eigenvalue weighted by atomic mass is 10.1. The van der Waals surface area contributed by atoms with Gasteiger partial charge in [-0.3, -0.25) is 9.59 Å². The Morgan fingerprint density at radius 3 is 2.72 bits per heavy atom. The van der Waals surface area contributed by atoms with Crippen molar-refractivity contribution in [2.45, 2.75) is 39.2 Å². The first-order chi connectivity index (χ1) is 8.58. The summed E-state index contributed by atoms with van der Waals surface area (Å²) in [7, 11) is 0. The van der Waals surface area contributed by atoms with Gasteiger partial charge in [-0.2, -0.15) is 5.10 Å². The summed E-state index contributed by atoms with van der Waals surface area (Å²) < 4.78 is 0. The molecule has 5 heteroatoms. The molecule has 0 bridgehead atoms. The number of hydrogen-bond donors (Lipinski definition) is 1. The first kappa shape index (κ1) is 12.8. The first-order valence-corrected chi connectivity index (χ1v) is 6.44. The molecule has 0 unspecified atom stereocenters. The molecular weight excluding hydrogens is 230 g/mol. The molecule has 1 fully saturated rings. The summed E-state index contributed by atoms with van der Waals surface area (Å²) in [5, 5.41) is 6.11. The Labute approximate surface area is 106 Å². The average molecular weight is 249 g/mol. The lowest BCUT2D eigenvalue weighted by Gasteiger charge is -2.22. The molecule has 0 saturated heterocycles. The highest BCUT2D eigenvalue weighted by molar-refractivity contribution is 5.92. The van der Waals surface area contributed by atoms with E-state index in [4.69, 9.17) is 0 Å². The molecular formula is C13H19N3O2. The molecule has 98 valence electrons. The molecule has 0 atom stereocenters. The quantitative estimate of drug-likeness (QED) is 0.858. The molecule has 1 amide bonds. The van der Waals surface area contributed by atoms with Crippen LogP contribution in [0.25, 0.3) is 0 Å². The van der Waals surface area contributed by atoms with Crippen LogP contribution in [0, 0.1) is 5.92 Å². The topological polar surface area (TPSA) is 66.1 Å². The zero-order valence-electron chi connectivity index (χ0n) is 10.8. The van der Waals surface area contributed by atoms with E-state index in [2.05, 4.69) is 24.0 Å². The molecule has 0 aromatic carbocycles. The van der Waals surface area contributed by atoms with E-state index >= 15 is 0 Å². The third kappa shape index (κ3) is 3.18. The van der Waals surface area contributed by atoms with Crippen molar-refractivity contribution in [2.75, 3.05) is 6.54 Å². The van der Waals surface area contributed by atoms with Gasteiger partial charge in [0, 0.05) is 18.7 Å². The highest BCUT2D eigenvalue weighted by atomic mass is 16.2. The standard InChI is InChI=1S/C13H19N3O2/c1-9(2)7-8-16(10-3-4-10)13(18)11-5-6-12(17)15-14-11/h5-6,9-10H,3-4,7-8H2,1-2H3,(H,15,17). The maximum absolute atomic E-state index is 12.3. The number of hydrogen-bond acceptors (Lipinski definition) is 3. The molecule has 18 heavy (non-hydrogen) atoms. The van der Waals surface area contributed by atoms with Crippen molar-refractivity contribution in [3.05, 3.63) is 28.2 Å². The fourth-order valence-corrected chi connectivity index (χ4v) is 1.84. The molecule has 1 N–H and O–H groups in total. The SMILES string of the molecule is CC(C)CCN(C(=O)c1ccc(=O)[nH]n1)C1CC1. The van der Waals surface area contributed by atoms with E-state index in [0.717, 1.165) is 25.8 Å². The summed E-state index contributed by atoms with van der Waals surface area (Å²) in [6.07, 6.45) is 3.14. The number of aromatic nitrogens is 2. The molecule has 0 radical (unpaired) electrons. The number of amides is 1. The van der Waals surface area contributed by atoms with Gasteiger partial charge in [-0.25, -0.2) is 5.10 Å². The van der Waals surface area contributed by atoms with Gasteiger partial charge in [-0.05, 0) is 31.2 Å². The molecule has 0 aliphatic heterocycles. The summed E-state index contributed by atoms with van der Waals surface area (Å²) in [4.78, 5) is 25.1. The van der Waals surface area contributed by atoms with Gasteiger partial charge in [0.25, 0.3) is 11.5 Å². The molecule has 1 saturated carbocycles. The smallest absolute Gasteiger partial charge is 0.274 e. The van der Waals surface area contributed by atoms with Crippen LogP contribution in [0.3, 0.4) is 0 Å². The maximum Gasteiger partial charge on any atom is 0.274 e. The zero-order chi connectivity index (χ0) is 13.1. The van der Waals surface area contributed by atoms with Crippen LogP contribution in [0.5, 0.6) is 0 Å². The van der Waals surface area contributed by atoms with Crippen molar-refractivity contribution in [3.8, 4) is 0 Å². The molecule has 5 nitrogen and oxygen atoms in total. The van der Waals surface area contributed by atoms with Gasteiger partial charge >= 0.3 is 0 Å². The van der Waals surface area contributed by atoms with Gasteiger partial charge in [0.15, 0.2) is 0 Å². The second kappa shape index (κ2) is 5.33. The molecule has 1 aromatic heterocycles. The summed E-state index contributed by atoms with van der Waals surface area (Å²) in [5.74, 6) is 0.497. The normalized spacial score (nSPS) is 14.8. The second-order valence-electron chi connectivity index (χ2n) is 5.22. The fourth-order valence-electron chi connectivity index (χ4n) is 1.84. The number of nitrogens with zero attached hydrogens (tertiary/aromatic N) is 2. The summed E-state index contributed by atoms with van der Waals surface area (Å²) in [6, 6.07) is 3.20. The highest BCUT2D eigenvalue weighted by Crippen LogP contribution is 2.28. The second-order valence-corrected chi connectivity index (χ2v) is 5.22. The first-order valence-electron chi connectivity index (χ1n) is 6.44. The van der Waals surface area contributed by atoms with Crippen molar-refractivity contribution in [1.29, 1.82) is 0 Å². The Hall–Kier alpha value is -1.65. The third-order valence-electron chi connectivity index (χ3n) is 3.09. The van der Waals surface area contributed by atoms with E-state index in [1.807, 2.05) is 4.90 Å². The molecule has 1 aromatic rings. The van der Waals surface area contributed by atoms with Gasteiger partial charge < -0.3 is 4.90 Å². The number of nitrogens with one attached hydrogen (secondary N) is 1. The molecule has 1 aliphatic rings. The Kier molecular flexibility index (Phi) is 3.79. The van der Waals surface area contributed by atoms with Crippen LogP contribution in [0.4, 0.5) is 0 Å². The van der Waals surface area contributed by atoms with E-state index in [-0.39, 0.29) is 11.5 Å². The predicted octanol–water partition coefficient (Wildman–Crippen LogP) is 1.42. The van der Waals surface area contributed by atoms with Gasteiger partial charge in [0.1, 0.15) is 5.69 Å². The van der Waals surface area contributed by atoms with E-state index in [9.17, 15) is 9.59 Å². The number of aromatic amines is 1. The van der Waals surface area contributed by atoms with Gasteiger partial charge in [-0.15, -0.1) is 0 Å². The van der Waals surface area contributed by atoms with Crippen LogP contribution in [0.2, 0.25) is 0 Å². The number of H-pyrrole nitrogens is 1. The molecule has 2 rings (SSSR count). The third-order valence-corrected chi connectivity index (χ3v) is 3.09. The Morgan fingerprint density at radius 1 is 1.50 bits per heavy atom. The van der Waals surface area contributed by atoms with Crippen LogP contribution >= 0.6 is 0 Å². The van der Waals surface area contributed by atoms with Crippen LogP contribution in [-0.2, 0) is 0 Å². The Balaban J connectivity index is 2.07. The van der Waals surface area contributed by atoms with E-state index < -0.39 is 0 Å². The Bertz CT molecular complexity index is 457. The van der Waals surface area contributed by atoms with Crippen LogP contribution in [-0.4, -0.2) is 33.6 Å². The molecule has 1 aliphatic carbocycles. The van der Waals surface area contributed by atoms with Crippen molar-refractivity contribution in [1.82, 2.24) is 15.1 Å². The number of rotatable bonds is 5.